The third-order valence-corrected chi connectivity index (χ3v) is 6.90. The van der Waals surface area contributed by atoms with Crippen LogP contribution in [-0.4, -0.2) is 4.57 Å². The maximum absolute atomic E-state index is 3.63. The Morgan fingerprint density at radius 3 is 1.78 bits per heavy atom. The summed E-state index contributed by atoms with van der Waals surface area (Å²) in [6.45, 7) is 0. The van der Waals surface area contributed by atoms with Gasteiger partial charge in [-0.2, -0.15) is 0 Å². The summed E-state index contributed by atoms with van der Waals surface area (Å²) in [5.41, 5.74) is 5.23. The van der Waals surface area contributed by atoms with Gasteiger partial charge in [-0.15, -0.1) is 0 Å². The van der Waals surface area contributed by atoms with Gasteiger partial charge in [0.1, 0.15) is 0 Å². The van der Waals surface area contributed by atoms with Gasteiger partial charge in [0.05, 0.1) is 11.0 Å². The molecule has 1 heterocycles. The number of benzene rings is 3. The van der Waals surface area contributed by atoms with Gasteiger partial charge in [0.2, 0.25) is 0 Å². The fourth-order valence-corrected chi connectivity index (χ4v) is 5.30. The largest absolute Gasteiger partial charge is 0.309 e. The molecule has 1 fully saturated rings. The van der Waals surface area contributed by atoms with Crippen LogP contribution in [0.25, 0.3) is 27.5 Å². The first-order chi connectivity index (χ1) is 13.2. The van der Waals surface area contributed by atoms with Crippen molar-refractivity contribution in [1.82, 2.24) is 4.57 Å². The molecule has 0 N–H and O–H groups in total. The second-order valence-corrected chi connectivity index (χ2v) is 9.42. The molecule has 4 aromatic rings. The number of hydrogen-bond donors (Lipinski definition) is 0. The number of aromatic nitrogens is 1. The van der Waals surface area contributed by atoms with Crippen LogP contribution in [0.5, 0.6) is 0 Å². The molecule has 0 aliphatic heterocycles. The van der Waals surface area contributed by atoms with E-state index in [1.807, 2.05) is 0 Å². The van der Waals surface area contributed by atoms with Crippen molar-refractivity contribution in [3.05, 3.63) is 75.2 Å². The molecule has 5 rings (SSSR count). The van der Waals surface area contributed by atoms with E-state index in [2.05, 4.69) is 97.1 Å². The van der Waals surface area contributed by atoms with E-state index in [4.69, 9.17) is 0 Å². The van der Waals surface area contributed by atoms with Crippen LogP contribution in [0.15, 0.2) is 69.6 Å². The molecular formula is C24H21Br2N. The highest BCUT2D eigenvalue weighted by Crippen LogP contribution is 2.37. The summed E-state index contributed by atoms with van der Waals surface area (Å²) in [6, 6.07) is 22.4. The highest BCUT2D eigenvalue weighted by molar-refractivity contribution is 9.10. The summed E-state index contributed by atoms with van der Waals surface area (Å²) in [4.78, 5) is 0. The standard InChI is InChI=1S/C24H21Br2N/c25-18-8-12-23-21(14-18)22-15-19(26)9-13-24(22)27(23)20-10-6-17(7-11-20)16-4-2-1-3-5-16/h6-16H,1-5H2. The Morgan fingerprint density at radius 2 is 1.22 bits per heavy atom. The van der Waals surface area contributed by atoms with Crippen LogP contribution < -0.4 is 0 Å². The van der Waals surface area contributed by atoms with E-state index in [1.54, 1.807) is 0 Å². The zero-order chi connectivity index (χ0) is 18.4. The van der Waals surface area contributed by atoms with E-state index in [0.29, 0.717) is 0 Å². The van der Waals surface area contributed by atoms with Gasteiger partial charge in [-0.3, -0.25) is 0 Å². The summed E-state index contributed by atoms with van der Waals surface area (Å²) in [6.07, 6.45) is 6.85. The van der Waals surface area contributed by atoms with Crippen molar-refractivity contribution in [3.8, 4) is 5.69 Å². The van der Waals surface area contributed by atoms with Crippen molar-refractivity contribution >= 4 is 53.7 Å². The van der Waals surface area contributed by atoms with Gasteiger partial charge in [-0.25, -0.2) is 0 Å². The Hall–Kier alpha value is -1.58. The first kappa shape index (κ1) is 17.5. The number of rotatable bonds is 2. The second-order valence-electron chi connectivity index (χ2n) is 7.58. The minimum atomic E-state index is 0.748. The average molecular weight is 483 g/mol. The molecule has 0 unspecified atom stereocenters. The summed E-state index contributed by atoms with van der Waals surface area (Å²) >= 11 is 7.27. The Morgan fingerprint density at radius 1 is 0.667 bits per heavy atom. The third-order valence-electron chi connectivity index (χ3n) is 5.92. The lowest BCUT2D eigenvalue weighted by Crippen LogP contribution is -2.04. The predicted octanol–water partition coefficient (Wildman–Crippen LogP) is 8.36. The first-order valence-corrected chi connectivity index (χ1v) is 11.3. The predicted molar refractivity (Wildman–Crippen MR) is 122 cm³/mol. The van der Waals surface area contributed by atoms with Crippen LogP contribution in [0.2, 0.25) is 0 Å². The van der Waals surface area contributed by atoms with Crippen molar-refractivity contribution in [3.63, 3.8) is 0 Å². The third kappa shape index (κ3) is 3.15. The van der Waals surface area contributed by atoms with Crippen molar-refractivity contribution in [2.24, 2.45) is 0 Å². The minimum Gasteiger partial charge on any atom is -0.309 e. The van der Waals surface area contributed by atoms with Crippen LogP contribution in [0.1, 0.15) is 43.6 Å². The van der Waals surface area contributed by atoms with Gasteiger partial charge in [0.25, 0.3) is 0 Å². The molecule has 0 atom stereocenters. The number of hydrogen-bond acceptors (Lipinski definition) is 0. The van der Waals surface area contributed by atoms with E-state index in [1.165, 1.54) is 65.2 Å². The lowest BCUT2D eigenvalue weighted by Gasteiger charge is -2.22. The summed E-state index contributed by atoms with van der Waals surface area (Å²) in [5.74, 6) is 0.748. The minimum absolute atomic E-state index is 0.748. The Bertz CT molecular complexity index is 1060. The molecule has 1 saturated carbocycles. The van der Waals surface area contributed by atoms with Crippen LogP contribution in [0, 0.1) is 0 Å². The van der Waals surface area contributed by atoms with E-state index >= 15 is 0 Å². The lowest BCUT2D eigenvalue weighted by molar-refractivity contribution is 0.443. The number of halogens is 2. The Balaban J connectivity index is 1.67. The summed E-state index contributed by atoms with van der Waals surface area (Å²) in [7, 11) is 0. The van der Waals surface area contributed by atoms with Crippen molar-refractivity contribution < 1.29 is 0 Å². The van der Waals surface area contributed by atoms with Gasteiger partial charge in [-0.1, -0.05) is 63.3 Å². The van der Waals surface area contributed by atoms with E-state index in [9.17, 15) is 0 Å². The fourth-order valence-electron chi connectivity index (χ4n) is 4.58. The molecule has 0 spiro atoms. The molecule has 0 amide bonds. The molecule has 27 heavy (non-hydrogen) atoms. The van der Waals surface area contributed by atoms with E-state index in [0.717, 1.165) is 14.9 Å². The first-order valence-electron chi connectivity index (χ1n) is 9.70. The van der Waals surface area contributed by atoms with Crippen molar-refractivity contribution in [1.29, 1.82) is 0 Å². The van der Waals surface area contributed by atoms with E-state index in [-0.39, 0.29) is 0 Å². The van der Waals surface area contributed by atoms with Crippen LogP contribution >= 0.6 is 31.9 Å². The molecule has 0 bridgehead atoms. The highest BCUT2D eigenvalue weighted by Gasteiger charge is 2.17. The van der Waals surface area contributed by atoms with Crippen molar-refractivity contribution in [2.75, 3.05) is 0 Å². The average Bonchev–Trinajstić information content (AvgIpc) is 3.02. The molecule has 3 aromatic carbocycles. The molecule has 0 saturated heterocycles. The van der Waals surface area contributed by atoms with Gasteiger partial charge >= 0.3 is 0 Å². The zero-order valence-electron chi connectivity index (χ0n) is 15.1. The molecule has 136 valence electrons. The molecular weight excluding hydrogens is 462 g/mol. The quantitative estimate of drug-likeness (QED) is 0.270. The molecule has 1 aromatic heterocycles. The second kappa shape index (κ2) is 7.10. The summed E-state index contributed by atoms with van der Waals surface area (Å²) < 4.78 is 4.61. The van der Waals surface area contributed by atoms with Crippen molar-refractivity contribution in [2.45, 2.75) is 38.0 Å². The smallest absolute Gasteiger partial charge is 0.0541 e. The number of fused-ring (bicyclic) bond motifs is 3. The maximum atomic E-state index is 3.63. The van der Waals surface area contributed by atoms with Gasteiger partial charge in [-0.05, 0) is 72.9 Å². The topological polar surface area (TPSA) is 4.93 Å². The molecule has 1 aliphatic carbocycles. The zero-order valence-corrected chi connectivity index (χ0v) is 18.3. The van der Waals surface area contributed by atoms with Crippen LogP contribution in [0.3, 0.4) is 0 Å². The molecule has 1 nitrogen and oxygen atoms in total. The Labute approximate surface area is 176 Å². The normalized spacial score (nSPS) is 15.6. The highest BCUT2D eigenvalue weighted by atomic mass is 79.9. The lowest BCUT2D eigenvalue weighted by atomic mass is 9.84. The van der Waals surface area contributed by atoms with Gasteiger partial charge in [0, 0.05) is 25.4 Å². The molecule has 0 radical (unpaired) electrons. The molecule has 1 aliphatic rings. The van der Waals surface area contributed by atoms with Gasteiger partial charge < -0.3 is 4.57 Å². The fraction of sp³-hybridized carbons (Fsp3) is 0.250. The van der Waals surface area contributed by atoms with Crippen LogP contribution in [-0.2, 0) is 0 Å². The maximum Gasteiger partial charge on any atom is 0.0541 e. The summed E-state index contributed by atoms with van der Waals surface area (Å²) in [5, 5.41) is 2.55. The molecule has 3 heteroatoms. The number of nitrogens with zero attached hydrogens (tertiary/aromatic N) is 1. The van der Waals surface area contributed by atoms with E-state index < -0.39 is 0 Å². The van der Waals surface area contributed by atoms with Gasteiger partial charge in [0.15, 0.2) is 0 Å². The Kier molecular flexibility index (Phi) is 4.61. The monoisotopic (exact) mass is 481 g/mol. The van der Waals surface area contributed by atoms with Crippen LogP contribution in [0.4, 0.5) is 0 Å². The SMILES string of the molecule is Brc1ccc2c(c1)c1cc(Br)ccc1n2-c1ccc(C2CCCCC2)cc1.